The van der Waals surface area contributed by atoms with Crippen LogP contribution < -0.4 is 9.03 Å². The van der Waals surface area contributed by atoms with E-state index in [0.717, 1.165) is 32.1 Å². The number of benzene rings is 4. The van der Waals surface area contributed by atoms with Crippen LogP contribution in [0.5, 0.6) is 0 Å². The van der Waals surface area contributed by atoms with Gasteiger partial charge in [0.2, 0.25) is 0 Å². The number of hydrogen-bond donors (Lipinski definition) is 1. The maximum Gasteiger partial charge on any atom is 0.326 e. The molecule has 0 radical (unpaired) electrons. The van der Waals surface area contributed by atoms with Crippen molar-refractivity contribution in [2.75, 3.05) is 10.8 Å². The maximum absolute atomic E-state index is 12.2. The topological polar surface area (TPSA) is 84.3 Å². The first-order chi connectivity index (χ1) is 20.6. The van der Waals surface area contributed by atoms with E-state index in [4.69, 9.17) is 39.8 Å². The van der Waals surface area contributed by atoms with Gasteiger partial charge in [0.1, 0.15) is 12.4 Å². The molecule has 1 saturated heterocycles. The Morgan fingerprint density at radius 1 is 0.837 bits per heavy atom. The second-order valence-corrected chi connectivity index (χ2v) is 12.8. The van der Waals surface area contributed by atoms with Crippen LogP contribution in [0.2, 0.25) is 15.1 Å². The van der Waals surface area contributed by atoms with E-state index in [9.17, 15) is 13.2 Å². The Morgan fingerprint density at radius 3 is 2.26 bits per heavy atom. The molecule has 0 atom stereocenters. The quantitative estimate of drug-likeness (QED) is 0.197. The number of halogens is 3. The van der Waals surface area contributed by atoms with Crippen LogP contribution in [0.1, 0.15) is 17.0 Å². The molecule has 6 rings (SSSR count). The second kappa shape index (κ2) is 11.9. The van der Waals surface area contributed by atoms with Gasteiger partial charge < -0.3 is 4.57 Å². The van der Waals surface area contributed by atoms with Crippen LogP contribution in [0.25, 0.3) is 34.5 Å². The average Bonchev–Trinajstić information content (AvgIpc) is 3.50. The van der Waals surface area contributed by atoms with Gasteiger partial charge in [-0.25, -0.2) is 14.0 Å². The zero-order valence-corrected chi connectivity index (χ0v) is 25.5. The summed E-state index contributed by atoms with van der Waals surface area (Å²) >= 11 is 18.8. The first kappa shape index (κ1) is 29.0. The van der Waals surface area contributed by atoms with Crippen molar-refractivity contribution >= 4 is 68.8 Å². The lowest BCUT2D eigenvalue weighted by atomic mass is 10.0. The van der Waals surface area contributed by atoms with Gasteiger partial charge in [0.25, 0.3) is 5.91 Å². The lowest BCUT2D eigenvalue weighted by Crippen LogP contribution is -2.29. The van der Waals surface area contributed by atoms with E-state index in [1.165, 1.54) is 0 Å². The molecule has 0 spiro atoms. The summed E-state index contributed by atoms with van der Waals surface area (Å²) in [5.41, 5.74) is 5.84. The van der Waals surface area contributed by atoms with E-state index in [0.29, 0.717) is 38.8 Å². The zero-order valence-electron chi connectivity index (χ0n) is 22.4. The van der Waals surface area contributed by atoms with Crippen LogP contribution in [0.15, 0.2) is 97.2 Å². The fraction of sp³-hybridized carbons (Fsp3) is 0.0625. The van der Waals surface area contributed by atoms with Crippen molar-refractivity contribution in [2.24, 2.45) is 0 Å². The molecule has 1 aliphatic heterocycles. The Bertz CT molecular complexity index is 1970. The fourth-order valence-corrected chi connectivity index (χ4v) is 6.63. The largest absolute Gasteiger partial charge is 0.326 e. The maximum atomic E-state index is 12.2. The molecule has 0 unspecified atom stereocenters. The highest BCUT2D eigenvalue weighted by Gasteiger charge is 2.33. The minimum atomic E-state index is -3.87. The van der Waals surface area contributed by atoms with Gasteiger partial charge in [-0.2, -0.15) is 8.42 Å². The number of anilines is 1. The summed E-state index contributed by atoms with van der Waals surface area (Å²) in [5.74, 6) is 0.132. The summed E-state index contributed by atoms with van der Waals surface area (Å²) in [4.78, 5) is 16.5. The molecule has 0 aliphatic carbocycles. The van der Waals surface area contributed by atoms with E-state index in [1.54, 1.807) is 24.3 Å². The molecule has 7 nitrogen and oxygen atoms in total. The molecule has 43 heavy (non-hydrogen) atoms. The number of aromatic nitrogens is 2. The summed E-state index contributed by atoms with van der Waals surface area (Å²) in [6.45, 7) is 0.208. The Balaban J connectivity index is 1.29. The van der Waals surface area contributed by atoms with Crippen molar-refractivity contribution < 1.29 is 13.2 Å². The molecule has 216 valence electrons. The van der Waals surface area contributed by atoms with Crippen molar-refractivity contribution in [3.63, 3.8) is 0 Å². The van der Waals surface area contributed by atoms with Gasteiger partial charge in [-0.1, -0.05) is 89.4 Å². The molecular weight excluding hydrogens is 627 g/mol. The Labute approximate surface area is 264 Å². The fourth-order valence-electron chi connectivity index (χ4n) is 4.78. The molecule has 2 heterocycles. The van der Waals surface area contributed by atoms with E-state index >= 15 is 0 Å². The van der Waals surface area contributed by atoms with Crippen LogP contribution in [-0.4, -0.2) is 30.4 Å². The van der Waals surface area contributed by atoms with E-state index in [-0.39, 0.29) is 6.54 Å². The predicted molar refractivity (Wildman–Crippen MR) is 173 cm³/mol. The van der Waals surface area contributed by atoms with Crippen LogP contribution in [0.3, 0.4) is 0 Å². The number of carbonyl (C=O) groups excluding carboxylic acids is 1. The molecule has 11 heteroatoms. The van der Waals surface area contributed by atoms with Gasteiger partial charge >= 0.3 is 10.2 Å². The van der Waals surface area contributed by atoms with E-state index in [1.807, 2.05) is 94.4 Å². The van der Waals surface area contributed by atoms with Crippen LogP contribution in [0.4, 0.5) is 5.69 Å². The van der Waals surface area contributed by atoms with Crippen LogP contribution >= 0.6 is 34.8 Å². The normalized spacial score (nSPS) is 14.4. The molecule has 1 aliphatic rings. The second-order valence-electron chi connectivity index (χ2n) is 9.91. The van der Waals surface area contributed by atoms with Crippen LogP contribution in [-0.2, 0) is 21.5 Å². The van der Waals surface area contributed by atoms with E-state index < -0.39 is 16.1 Å². The third-order valence-corrected chi connectivity index (χ3v) is 9.09. The number of carbonyl (C=O) groups is 1. The molecule has 1 N–H and O–H groups in total. The lowest BCUT2D eigenvalue weighted by molar-refractivity contribution is -0.117. The standard InChI is InChI=1S/C32H23Cl3N4O3S/c33-25-3-1-2-24(16-25)23-9-4-21(5-10-23)8-15-31-36-30(28-14-11-26(34)17-29(28)35)19-38(31)18-22-6-12-27(13-7-22)39-20-32(40)37-43(39,41)42/h1-17,19H,18,20H2,(H,37,40). The van der Waals surface area contributed by atoms with Gasteiger partial charge in [0.15, 0.2) is 0 Å². The Morgan fingerprint density at radius 2 is 1.58 bits per heavy atom. The van der Waals surface area contributed by atoms with Crippen LogP contribution in [0, 0.1) is 0 Å². The highest BCUT2D eigenvalue weighted by molar-refractivity contribution is 7.92. The van der Waals surface area contributed by atoms with Crippen molar-refractivity contribution in [3.8, 4) is 22.4 Å². The van der Waals surface area contributed by atoms with Crippen molar-refractivity contribution in [1.82, 2.24) is 14.3 Å². The SMILES string of the molecule is O=C1CN(c2ccc(Cn3cc(-c4ccc(Cl)cc4Cl)nc3C=Cc3ccc(-c4cccc(Cl)c4)cc3)cc2)S(=O)(=O)N1. The average molecular weight is 650 g/mol. The number of hydrogen-bond acceptors (Lipinski definition) is 4. The van der Waals surface area contributed by atoms with Gasteiger partial charge in [-0.3, -0.25) is 4.79 Å². The predicted octanol–water partition coefficient (Wildman–Crippen LogP) is 7.58. The van der Waals surface area contributed by atoms with E-state index in [2.05, 4.69) is 0 Å². The third-order valence-electron chi connectivity index (χ3n) is 6.91. The number of amides is 1. The summed E-state index contributed by atoms with van der Waals surface area (Å²) < 4.78 is 29.5. The lowest BCUT2D eigenvalue weighted by Gasteiger charge is -2.15. The molecule has 4 aromatic carbocycles. The highest BCUT2D eigenvalue weighted by Crippen LogP contribution is 2.31. The molecule has 1 amide bonds. The molecular formula is C32H23Cl3N4O3S. The summed E-state index contributed by atoms with van der Waals surface area (Å²) in [6.07, 6.45) is 5.84. The molecule has 1 fully saturated rings. The minimum Gasteiger partial charge on any atom is -0.326 e. The van der Waals surface area contributed by atoms with Gasteiger partial charge in [-0.15, -0.1) is 0 Å². The van der Waals surface area contributed by atoms with Crippen molar-refractivity contribution in [3.05, 3.63) is 129 Å². The third kappa shape index (κ3) is 6.48. The Kier molecular flexibility index (Phi) is 8.03. The molecule has 5 aromatic rings. The smallest absolute Gasteiger partial charge is 0.326 e. The zero-order chi connectivity index (χ0) is 30.1. The van der Waals surface area contributed by atoms with Crippen molar-refractivity contribution in [2.45, 2.75) is 6.54 Å². The first-order valence-corrected chi connectivity index (χ1v) is 15.7. The molecule has 0 bridgehead atoms. The summed E-state index contributed by atoms with van der Waals surface area (Å²) in [6, 6.07) is 28.2. The van der Waals surface area contributed by atoms with Crippen molar-refractivity contribution in [1.29, 1.82) is 0 Å². The Hall–Kier alpha value is -4.08. The first-order valence-electron chi connectivity index (χ1n) is 13.1. The highest BCUT2D eigenvalue weighted by atomic mass is 35.5. The van der Waals surface area contributed by atoms with Gasteiger partial charge in [0.05, 0.1) is 16.4 Å². The number of nitrogens with zero attached hydrogens (tertiary/aromatic N) is 3. The van der Waals surface area contributed by atoms with Gasteiger partial charge in [0, 0.05) is 28.4 Å². The number of rotatable bonds is 7. The minimum absolute atomic E-state index is 0.247. The monoisotopic (exact) mass is 648 g/mol. The number of nitrogens with one attached hydrogen (secondary N) is 1. The van der Waals surface area contributed by atoms with Gasteiger partial charge in [-0.05, 0) is 70.8 Å². The number of imidazole rings is 1. The molecule has 0 saturated carbocycles. The molecule has 1 aromatic heterocycles. The summed E-state index contributed by atoms with van der Waals surface area (Å²) in [7, 11) is -3.87. The summed E-state index contributed by atoms with van der Waals surface area (Å²) in [5, 5.41) is 1.71.